The summed E-state index contributed by atoms with van der Waals surface area (Å²) in [4.78, 5) is 0.798. The molecule has 1 aliphatic carbocycles. The Balaban J connectivity index is 2.10. The van der Waals surface area contributed by atoms with Gasteiger partial charge in [0.05, 0.1) is 0 Å². The highest BCUT2D eigenvalue weighted by molar-refractivity contribution is 9.09. The summed E-state index contributed by atoms with van der Waals surface area (Å²) in [6.07, 6.45) is 5.65. The van der Waals surface area contributed by atoms with E-state index in [1.165, 1.54) is 31.4 Å². The summed E-state index contributed by atoms with van der Waals surface area (Å²) >= 11 is 6.02. The molecule has 1 aliphatic heterocycles. The van der Waals surface area contributed by atoms with Gasteiger partial charge >= 0.3 is 0 Å². The van der Waals surface area contributed by atoms with Gasteiger partial charge in [0.2, 0.25) is 0 Å². The highest BCUT2D eigenvalue weighted by Gasteiger charge is 2.42. The summed E-state index contributed by atoms with van der Waals surface area (Å²) in [5, 5.41) is 0.970. The highest BCUT2D eigenvalue weighted by Crippen LogP contribution is 2.50. The predicted octanol–water partition coefficient (Wildman–Crippen LogP) is 4.08. The second-order valence-corrected chi connectivity index (χ2v) is 7.81. The number of fused-ring (bicyclic) bond motifs is 1. The fraction of sp³-hybridized carbons (Fsp3) is 1.00. The Hall–Kier alpha value is 0.830. The zero-order chi connectivity index (χ0) is 9.47. The lowest BCUT2D eigenvalue weighted by Gasteiger charge is -2.47. The maximum atomic E-state index is 3.79. The molecule has 0 aromatic heterocycles. The summed E-state index contributed by atoms with van der Waals surface area (Å²) in [7, 11) is 0. The molecule has 76 valence electrons. The topological polar surface area (TPSA) is 0 Å². The monoisotopic (exact) mass is 262 g/mol. The van der Waals surface area contributed by atoms with Gasteiger partial charge in [0.1, 0.15) is 0 Å². The molecule has 0 aromatic rings. The van der Waals surface area contributed by atoms with Crippen LogP contribution in [-0.2, 0) is 0 Å². The zero-order valence-electron chi connectivity index (χ0n) is 8.55. The second kappa shape index (κ2) is 3.77. The lowest BCUT2D eigenvalue weighted by atomic mass is 9.69. The second-order valence-electron chi connectivity index (χ2n) is 5.16. The first-order chi connectivity index (χ1) is 6.09. The van der Waals surface area contributed by atoms with Gasteiger partial charge in [0.25, 0.3) is 0 Å². The van der Waals surface area contributed by atoms with E-state index in [1.54, 1.807) is 0 Å². The fourth-order valence-electron chi connectivity index (χ4n) is 2.77. The number of thioether (sulfide) groups is 1. The molecule has 13 heavy (non-hydrogen) atoms. The Kier molecular flexibility index (Phi) is 3.00. The van der Waals surface area contributed by atoms with E-state index in [1.807, 2.05) is 0 Å². The van der Waals surface area contributed by atoms with Gasteiger partial charge in [-0.1, -0.05) is 29.8 Å². The van der Waals surface area contributed by atoms with Crippen LogP contribution in [0.15, 0.2) is 0 Å². The molecule has 3 unspecified atom stereocenters. The third-order valence-electron chi connectivity index (χ3n) is 3.80. The van der Waals surface area contributed by atoms with Crippen molar-refractivity contribution in [1.29, 1.82) is 0 Å². The summed E-state index contributed by atoms with van der Waals surface area (Å²) in [5.74, 6) is 2.35. The smallest absolute Gasteiger partial charge is 0.0149 e. The first-order valence-electron chi connectivity index (χ1n) is 5.35. The van der Waals surface area contributed by atoms with Crippen LogP contribution < -0.4 is 0 Å². The maximum Gasteiger partial charge on any atom is 0.0149 e. The lowest BCUT2D eigenvalue weighted by molar-refractivity contribution is 0.156. The minimum absolute atomic E-state index is 0.600. The standard InChI is InChI=1S/C11H19BrS/c1-11(2)5-6-13-10-4-3-8(12)7-9(10)11/h8-10H,3-7H2,1-2H3. The molecule has 3 atom stereocenters. The molecular formula is C11H19BrS. The van der Waals surface area contributed by atoms with E-state index in [2.05, 4.69) is 41.5 Å². The molecule has 0 nitrogen and oxygen atoms in total. The minimum atomic E-state index is 0.600. The summed E-state index contributed by atoms with van der Waals surface area (Å²) in [6.45, 7) is 4.94. The van der Waals surface area contributed by atoms with Crippen LogP contribution in [0.25, 0.3) is 0 Å². The van der Waals surface area contributed by atoms with Crippen molar-refractivity contribution in [3.63, 3.8) is 0 Å². The van der Waals surface area contributed by atoms with Crippen molar-refractivity contribution in [2.45, 2.75) is 49.6 Å². The van der Waals surface area contributed by atoms with Gasteiger partial charge in [0, 0.05) is 10.1 Å². The van der Waals surface area contributed by atoms with Crippen LogP contribution in [0.4, 0.5) is 0 Å². The van der Waals surface area contributed by atoms with Crippen molar-refractivity contribution < 1.29 is 0 Å². The van der Waals surface area contributed by atoms with Crippen molar-refractivity contribution >= 4 is 27.7 Å². The molecule has 0 bridgehead atoms. The normalized spacial score (nSPS) is 44.1. The number of hydrogen-bond acceptors (Lipinski definition) is 1. The van der Waals surface area contributed by atoms with Crippen molar-refractivity contribution in [3.05, 3.63) is 0 Å². The Morgan fingerprint density at radius 2 is 2.08 bits per heavy atom. The van der Waals surface area contributed by atoms with E-state index in [9.17, 15) is 0 Å². The summed E-state index contributed by atoms with van der Waals surface area (Å²) in [5.41, 5.74) is 0.600. The molecule has 2 heteroatoms. The number of halogens is 1. The Bertz CT molecular complexity index is 191. The van der Waals surface area contributed by atoms with Crippen LogP contribution in [0, 0.1) is 11.3 Å². The molecule has 0 aromatic carbocycles. The summed E-state index contributed by atoms with van der Waals surface area (Å²) < 4.78 is 0. The van der Waals surface area contributed by atoms with Gasteiger partial charge in [-0.05, 0) is 42.8 Å². The van der Waals surface area contributed by atoms with Gasteiger partial charge in [-0.2, -0.15) is 11.8 Å². The highest BCUT2D eigenvalue weighted by atomic mass is 79.9. The SMILES string of the molecule is CC1(C)CCSC2CCC(Br)CC21. The van der Waals surface area contributed by atoms with Gasteiger partial charge in [-0.3, -0.25) is 0 Å². The molecule has 1 saturated carbocycles. The number of hydrogen-bond donors (Lipinski definition) is 0. The molecule has 1 saturated heterocycles. The Labute approximate surface area is 94.4 Å². The largest absolute Gasteiger partial charge is 0.158 e. The predicted molar refractivity (Wildman–Crippen MR) is 64.7 cm³/mol. The van der Waals surface area contributed by atoms with Crippen LogP contribution >= 0.6 is 27.7 Å². The maximum absolute atomic E-state index is 3.79. The molecule has 0 N–H and O–H groups in total. The van der Waals surface area contributed by atoms with Gasteiger partial charge in [-0.25, -0.2) is 0 Å². The molecular weight excluding hydrogens is 244 g/mol. The van der Waals surface area contributed by atoms with E-state index in [4.69, 9.17) is 0 Å². The van der Waals surface area contributed by atoms with Gasteiger partial charge in [0.15, 0.2) is 0 Å². The van der Waals surface area contributed by atoms with Crippen molar-refractivity contribution in [3.8, 4) is 0 Å². The molecule has 2 rings (SSSR count). The molecule has 2 aliphatic rings. The van der Waals surface area contributed by atoms with E-state index in [0.29, 0.717) is 5.41 Å². The van der Waals surface area contributed by atoms with Crippen LogP contribution in [0.3, 0.4) is 0 Å². The van der Waals surface area contributed by atoms with Gasteiger partial charge < -0.3 is 0 Å². The average molecular weight is 263 g/mol. The molecule has 1 heterocycles. The average Bonchev–Trinajstić information content (AvgIpc) is 2.06. The van der Waals surface area contributed by atoms with Crippen LogP contribution in [0.2, 0.25) is 0 Å². The molecule has 0 amide bonds. The third-order valence-corrected chi connectivity index (χ3v) is 6.07. The fourth-order valence-corrected chi connectivity index (χ4v) is 5.40. The Morgan fingerprint density at radius 3 is 2.85 bits per heavy atom. The van der Waals surface area contributed by atoms with Crippen molar-refractivity contribution in [2.24, 2.45) is 11.3 Å². The number of rotatable bonds is 0. The third kappa shape index (κ3) is 2.09. The first kappa shape index (κ1) is 10.4. The molecule has 0 spiro atoms. The lowest BCUT2D eigenvalue weighted by Crippen LogP contribution is -2.41. The minimum Gasteiger partial charge on any atom is -0.158 e. The van der Waals surface area contributed by atoms with Crippen LogP contribution in [0.1, 0.15) is 39.5 Å². The van der Waals surface area contributed by atoms with Crippen LogP contribution in [-0.4, -0.2) is 15.8 Å². The first-order valence-corrected chi connectivity index (χ1v) is 7.32. The zero-order valence-corrected chi connectivity index (χ0v) is 11.0. The van der Waals surface area contributed by atoms with Crippen molar-refractivity contribution in [2.75, 3.05) is 5.75 Å². The van der Waals surface area contributed by atoms with Crippen molar-refractivity contribution in [1.82, 2.24) is 0 Å². The summed E-state index contributed by atoms with van der Waals surface area (Å²) in [6, 6.07) is 0. The molecule has 0 radical (unpaired) electrons. The molecule has 2 fully saturated rings. The van der Waals surface area contributed by atoms with E-state index in [-0.39, 0.29) is 0 Å². The van der Waals surface area contributed by atoms with E-state index < -0.39 is 0 Å². The quantitative estimate of drug-likeness (QED) is 0.593. The van der Waals surface area contributed by atoms with Crippen LogP contribution in [0.5, 0.6) is 0 Å². The van der Waals surface area contributed by atoms with E-state index >= 15 is 0 Å². The van der Waals surface area contributed by atoms with Gasteiger partial charge in [-0.15, -0.1) is 0 Å². The number of alkyl halides is 1. The van der Waals surface area contributed by atoms with E-state index in [0.717, 1.165) is 16.0 Å². The Morgan fingerprint density at radius 1 is 1.31 bits per heavy atom.